The maximum absolute atomic E-state index is 13.2. The maximum Gasteiger partial charge on any atom is 0.408 e. The molecule has 0 saturated heterocycles. The summed E-state index contributed by atoms with van der Waals surface area (Å²) in [4.78, 5) is 0. The molecule has 154 valence electrons. The highest BCUT2D eigenvalue weighted by atomic mass is 32.2. The first-order chi connectivity index (χ1) is 13.7. The highest BCUT2D eigenvalue weighted by molar-refractivity contribution is 7.91. The van der Waals surface area contributed by atoms with Crippen LogP contribution in [0.1, 0.15) is 0 Å². The number of nitrogens with zero attached hydrogens (tertiary/aromatic N) is 1. The van der Waals surface area contributed by atoms with Crippen LogP contribution in [-0.4, -0.2) is 33.4 Å². The molecule has 1 heterocycles. The van der Waals surface area contributed by atoms with Gasteiger partial charge in [0.2, 0.25) is 0 Å². The van der Waals surface area contributed by atoms with Crippen molar-refractivity contribution in [2.75, 3.05) is 18.8 Å². The van der Waals surface area contributed by atoms with Crippen molar-refractivity contribution in [3.8, 4) is 11.5 Å². The van der Waals surface area contributed by atoms with Gasteiger partial charge in [-0.15, -0.1) is 0 Å². The summed E-state index contributed by atoms with van der Waals surface area (Å²) < 4.78 is 70.7. The molecule has 5 nitrogen and oxygen atoms in total. The molecule has 29 heavy (non-hydrogen) atoms. The Balaban J connectivity index is 2.22. The largest absolute Gasteiger partial charge is 0.451 e. The number of hydrogen-bond donors (Lipinski definition) is 1. The first-order valence-corrected chi connectivity index (χ1v) is 10.4. The summed E-state index contributed by atoms with van der Waals surface area (Å²) in [5, 5.41) is 0. The van der Waals surface area contributed by atoms with Crippen molar-refractivity contribution in [1.82, 2.24) is 3.89 Å². The summed E-state index contributed by atoms with van der Waals surface area (Å²) in [5.74, 6) is -1.42. The predicted molar refractivity (Wildman–Crippen MR) is 106 cm³/mol. The monoisotopic (exact) mass is 425 g/mol. The van der Waals surface area contributed by atoms with E-state index < -0.39 is 25.8 Å². The summed E-state index contributed by atoms with van der Waals surface area (Å²) in [5.41, 5.74) is 5.97. The van der Waals surface area contributed by atoms with E-state index in [-0.39, 0.29) is 30.2 Å². The second-order valence-electron chi connectivity index (χ2n) is 6.44. The van der Waals surface area contributed by atoms with Gasteiger partial charge in [-0.2, -0.15) is 25.5 Å². The van der Waals surface area contributed by atoms with Crippen molar-refractivity contribution in [1.29, 1.82) is 0 Å². The lowest BCUT2D eigenvalue weighted by Gasteiger charge is -2.38. The van der Waals surface area contributed by atoms with Gasteiger partial charge in [0.25, 0.3) is 0 Å². The molecule has 0 amide bonds. The average molecular weight is 425 g/mol. The van der Waals surface area contributed by atoms with Gasteiger partial charge < -0.3 is 10.5 Å². The number of benzene rings is 2. The number of sulfonamides is 1. The number of rotatable bonds is 6. The fraction of sp³-hybridized carbons (Fsp3) is 0.200. The Kier molecular flexibility index (Phi) is 5.83. The summed E-state index contributed by atoms with van der Waals surface area (Å²) in [7, 11) is -4.80. The molecule has 0 fully saturated rings. The van der Waals surface area contributed by atoms with E-state index in [0.29, 0.717) is 5.75 Å². The Labute approximate surface area is 167 Å². The van der Waals surface area contributed by atoms with Crippen LogP contribution in [0.25, 0.3) is 0 Å². The second kappa shape index (κ2) is 8.02. The van der Waals surface area contributed by atoms with Gasteiger partial charge in [-0.25, -0.2) is 0 Å². The molecule has 0 spiro atoms. The predicted octanol–water partition coefficient (Wildman–Crippen LogP) is 4.09. The van der Waals surface area contributed by atoms with Gasteiger partial charge in [-0.05, 0) is 30.4 Å². The van der Waals surface area contributed by atoms with Gasteiger partial charge >= 0.3 is 16.2 Å². The van der Waals surface area contributed by atoms with Gasteiger partial charge in [-0.1, -0.05) is 36.4 Å². The quantitative estimate of drug-likeness (QED) is 0.708. The Morgan fingerprint density at radius 3 is 2.34 bits per heavy atom. The van der Waals surface area contributed by atoms with Gasteiger partial charge in [0.15, 0.2) is 17.2 Å². The molecule has 0 saturated carbocycles. The number of quaternary nitrogens is 1. The number of allylic oxidation sites excluding steroid dienone is 2. The van der Waals surface area contributed by atoms with Crippen LogP contribution >= 0.6 is 0 Å². The Bertz CT molecular complexity index is 1030. The molecule has 2 aromatic carbocycles. The van der Waals surface area contributed by atoms with E-state index in [4.69, 9.17) is 10.5 Å². The standard InChI is InChI=1S/C20H20F3N2O3S/c21-20(22,23)15-29(26,27)25(13-7-6-8-16(25)14-24)18-11-4-5-12-19(18)28-17-9-2-1-3-10-17/h1-12H,13-15,24H2/q+1. The lowest BCUT2D eigenvalue weighted by molar-refractivity contribution is -0.106. The molecular weight excluding hydrogens is 405 g/mol. The first-order valence-electron chi connectivity index (χ1n) is 8.76. The van der Waals surface area contributed by atoms with Gasteiger partial charge in [0.1, 0.15) is 18.0 Å². The van der Waals surface area contributed by atoms with E-state index in [9.17, 15) is 21.6 Å². The molecule has 9 heteroatoms. The zero-order valence-electron chi connectivity index (χ0n) is 15.3. The zero-order chi connectivity index (χ0) is 21.1. The lowest BCUT2D eigenvalue weighted by atomic mass is 10.2. The minimum Gasteiger partial charge on any atom is -0.451 e. The molecule has 1 aliphatic rings. The van der Waals surface area contributed by atoms with Gasteiger partial charge in [-0.3, -0.25) is 0 Å². The van der Waals surface area contributed by atoms with E-state index in [1.54, 1.807) is 48.5 Å². The zero-order valence-corrected chi connectivity index (χ0v) is 16.2. The van der Waals surface area contributed by atoms with Crippen molar-refractivity contribution < 1.29 is 26.3 Å². The van der Waals surface area contributed by atoms with E-state index in [1.807, 2.05) is 0 Å². The number of alkyl halides is 3. The fourth-order valence-electron chi connectivity index (χ4n) is 3.31. The molecule has 2 aromatic rings. The first kappa shape index (κ1) is 21.1. The van der Waals surface area contributed by atoms with Crippen LogP contribution in [0, 0.1) is 0 Å². The van der Waals surface area contributed by atoms with Crippen LogP contribution in [0.15, 0.2) is 78.5 Å². The maximum atomic E-state index is 13.2. The number of para-hydroxylation sites is 3. The molecule has 0 aliphatic carbocycles. The second-order valence-corrected chi connectivity index (χ2v) is 8.51. The van der Waals surface area contributed by atoms with Crippen molar-refractivity contribution in [3.63, 3.8) is 0 Å². The van der Waals surface area contributed by atoms with E-state index in [2.05, 4.69) is 0 Å². The molecule has 0 bridgehead atoms. The van der Waals surface area contributed by atoms with Gasteiger partial charge in [0, 0.05) is 6.07 Å². The molecular formula is C20H20F3N2O3S+. The van der Waals surface area contributed by atoms with Crippen molar-refractivity contribution in [2.45, 2.75) is 6.18 Å². The molecule has 0 aromatic heterocycles. The fourth-order valence-corrected chi connectivity index (χ4v) is 5.20. The third kappa shape index (κ3) is 4.21. The number of hydrogen-bond acceptors (Lipinski definition) is 4. The third-order valence-electron chi connectivity index (χ3n) is 4.51. The topological polar surface area (TPSA) is 69.4 Å². The molecule has 1 unspecified atom stereocenters. The van der Waals surface area contributed by atoms with Gasteiger partial charge in [0.05, 0.1) is 6.54 Å². The SMILES string of the molecule is NCC1=CC=CC[N+]1(c1ccccc1Oc1ccccc1)S(=O)(=O)CC(F)(F)F. The van der Waals surface area contributed by atoms with Crippen LogP contribution in [0.4, 0.5) is 18.9 Å². The van der Waals surface area contributed by atoms with Crippen LogP contribution < -0.4 is 14.4 Å². The molecule has 2 N–H and O–H groups in total. The minimum atomic E-state index is -4.90. The molecule has 3 rings (SSSR count). The molecule has 1 aliphatic heterocycles. The van der Waals surface area contributed by atoms with Crippen LogP contribution in [0.5, 0.6) is 11.5 Å². The van der Waals surface area contributed by atoms with E-state index in [0.717, 1.165) is 0 Å². The highest BCUT2D eigenvalue weighted by Crippen LogP contribution is 2.44. The summed E-state index contributed by atoms with van der Waals surface area (Å²) in [6, 6.07) is 14.7. The number of halogens is 3. The van der Waals surface area contributed by atoms with Crippen molar-refractivity contribution in [3.05, 3.63) is 78.5 Å². The van der Waals surface area contributed by atoms with Crippen molar-refractivity contribution in [2.24, 2.45) is 5.73 Å². The lowest BCUT2D eigenvalue weighted by Crippen LogP contribution is -2.58. The third-order valence-corrected chi connectivity index (χ3v) is 6.73. The van der Waals surface area contributed by atoms with Crippen LogP contribution in [-0.2, 0) is 10.0 Å². The van der Waals surface area contributed by atoms with Crippen molar-refractivity contribution >= 4 is 15.7 Å². The normalized spacial score (nSPS) is 19.7. The Morgan fingerprint density at radius 1 is 1.03 bits per heavy atom. The Morgan fingerprint density at radius 2 is 1.69 bits per heavy atom. The summed E-state index contributed by atoms with van der Waals surface area (Å²) in [6.07, 6.45) is -0.369. The van der Waals surface area contributed by atoms with Crippen LogP contribution in [0.3, 0.4) is 0 Å². The smallest absolute Gasteiger partial charge is 0.408 e. The van der Waals surface area contributed by atoms with Crippen LogP contribution in [0.2, 0.25) is 0 Å². The minimum absolute atomic E-state index is 0.0710. The Hall–Kier alpha value is -2.62. The van der Waals surface area contributed by atoms with E-state index in [1.165, 1.54) is 24.3 Å². The highest BCUT2D eigenvalue weighted by Gasteiger charge is 2.54. The number of ether oxygens (including phenoxy) is 1. The van der Waals surface area contributed by atoms with E-state index >= 15 is 0 Å². The summed E-state index contributed by atoms with van der Waals surface area (Å²) >= 11 is 0. The molecule has 1 atom stereocenters. The molecule has 0 radical (unpaired) electrons. The number of nitrogens with two attached hydrogens (primary N) is 1. The summed E-state index contributed by atoms with van der Waals surface area (Å²) in [6.45, 7) is -0.461. The average Bonchev–Trinajstić information content (AvgIpc) is 2.67.